The number of carbonyl (C=O) groups is 3. The van der Waals surface area contributed by atoms with Gasteiger partial charge in [0.2, 0.25) is 5.78 Å². The fraction of sp³-hybridized carbons (Fsp3) is 0.300. The molecule has 0 aliphatic heterocycles. The van der Waals surface area contributed by atoms with Crippen LogP contribution in [0.25, 0.3) is 22.5 Å². The Hall–Kier alpha value is -4.21. The molecule has 5 rings (SSSR count). The number of fused-ring (bicyclic) bond motifs is 3. The molecule has 2 aromatic carbocycles. The van der Waals surface area contributed by atoms with Gasteiger partial charge in [0.25, 0.3) is 5.91 Å². The third kappa shape index (κ3) is 3.65. The predicted molar refractivity (Wildman–Crippen MR) is 144 cm³/mol. The highest BCUT2D eigenvalue weighted by molar-refractivity contribution is 6.24. The Kier molecular flexibility index (Phi) is 6.04. The van der Waals surface area contributed by atoms with E-state index in [0.717, 1.165) is 22.3 Å². The van der Waals surface area contributed by atoms with Crippen LogP contribution in [0.3, 0.4) is 0 Å². The van der Waals surface area contributed by atoms with Crippen LogP contribution in [0.1, 0.15) is 30.0 Å². The number of rotatable bonds is 4. The first-order valence-corrected chi connectivity index (χ1v) is 12.6. The van der Waals surface area contributed by atoms with E-state index in [1.807, 2.05) is 31.2 Å². The maximum atomic E-state index is 13.9. The first-order valence-electron chi connectivity index (χ1n) is 12.6. The highest BCUT2D eigenvalue weighted by Crippen LogP contribution is 2.53. The van der Waals surface area contributed by atoms with E-state index >= 15 is 0 Å². The van der Waals surface area contributed by atoms with Crippen molar-refractivity contribution in [2.24, 2.45) is 17.6 Å². The largest absolute Gasteiger partial charge is 0.508 e. The van der Waals surface area contributed by atoms with Gasteiger partial charge in [0.15, 0.2) is 11.4 Å². The van der Waals surface area contributed by atoms with E-state index in [4.69, 9.17) is 5.73 Å². The number of aromatic hydroxyl groups is 1. The summed E-state index contributed by atoms with van der Waals surface area (Å²) < 4.78 is 0. The van der Waals surface area contributed by atoms with Crippen LogP contribution < -0.4 is 5.73 Å². The van der Waals surface area contributed by atoms with Crippen LogP contribution in [-0.4, -0.2) is 68.5 Å². The number of nitrogens with two attached hydrogens (primary N) is 1. The molecule has 2 aromatic rings. The van der Waals surface area contributed by atoms with E-state index in [2.05, 4.69) is 6.58 Å². The lowest BCUT2D eigenvalue weighted by Gasteiger charge is -2.50. The van der Waals surface area contributed by atoms with Crippen molar-refractivity contribution in [3.63, 3.8) is 0 Å². The van der Waals surface area contributed by atoms with Gasteiger partial charge in [-0.15, -0.1) is 0 Å². The van der Waals surface area contributed by atoms with E-state index in [9.17, 15) is 34.8 Å². The molecule has 4 atom stereocenters. The Balaban J connectivity index is 1.73. The maximum Gasteiger partial charge on any atom is 0.255 e. The van der Waals surface area contributed by atoms with Crippen LogP contribution >= 0.6 is 0 Å². The summed E-state index contributed by atoms with van der Waals surface area (Å²) >= 11 is 0. The Bertz CT molecular complexity index is 1550. The first-order chi connectivity index (χ1) is 18.3. The van der Waals surface area contributed by atoms with Crippen molar-refractivity contribution >= 4 is 28.8 Å². The number of carbonyl (C=O) groups excluding carboxylic acids is 3. The Morgan fingerprint density at radius 2 is 1.82 bits per heavy atom. The lowest BCUT2D eigenvalue weighted by molar-refractivity contribution is -0.153. The summed E-state index contributed by atoms with van der Waals surface area (Å²) in [5.74, 6) is -6.71. The van der Waals surface area contributed by atoms with Gasteiger partial charge < -0.3 is 26.2 Å². The molecular formula is C30H30N2O7. The molecule has 6 N–H and O–H groups in total. The average molecular weight is 531 g/mol. The number of aliphatic hydroxyl groups is 3. The van der Waals surface area contributed by atoms with Gasteiger partial charge in [-0.25, -0.2) is 0 Å². The fourth-order valence-electron chi connectivity index (χ4n) is 6.47. The van der Waals surface area contributed by atoms with Crippen molar-refractivity contribution in [3.8, 4) is 16.9 Å². The molecule has 39 heavy (non-hydrogen) atoms. The van der Waals surface area contributed by atoms with Crippen molar-refractivity contribution in [2.75, 3.05) is 14.1 Å². The number of hydrogen-bond donors (Lipinski definition) is 5. The van der Waals surface area contributed by atoms with Gasteiger partial charge >= 0.3 is 0 Å². The summed E-state index contributed by atoms with van der Waals surface area (Å²) in [6.45, 7) is 5.89. The molecule has 1 amide bonds. The van der Waals surface area contributed by atoms with E-state index in [1.165, 1.54) is 11.0 Å². The SMILES string of the molecule is C=C(C)c1cccc(-c2ccc(O)c3c2C[C@H]2C[C@H]4[C@H](N(C)C)C(=O)C(C(N)=O)=C(O)C4(O)C(=O)C2=C3O)c1. The van der Waals surface area contributed by atoms with Crippen LogP contribution in [0.15, 0.2) is 59.9 Å². The second-order valence-corrected chi connectivity index (χ2v) is 10.8. The number of hydrogen-bond acceptors (Lipinski definition) is 8. The second kappa shape index (κ2) is 8.93. The summed E-state index contributed by atoms with van der Waals surface area (Å²) in [6, 6.07) is 9.70. The minimum atomic E-state index is -2.66. The highest BCUT2D eigenvalue weighted by atomic mass is 16.3. The zero-order chi connectivity index (χ0) is 28.5. The van der Waals surface area contributed by atoms with Crippen molar-refractivity contribution in [2.45, 2.75) is 31.4 Å². The molecule has 9 nitrogen and oxygen atoms in total. The number of likely N-dealkylation sites (N-methyl/N-ethyl adjacent to an activating group) is 1. The number of nitrogens with zero attached hydrogens (tertiary/aromatic N) is 1. The number of Topliss-reactive ketones (excluding diaryl/α,β-unsaturated/α-hetero) is 2. The Morgan fingerprint density at radius 3 is 2.44 bits per heavy atom. The van der Waals surface area contributed by atoms with Crippen molar-refractivity contribution < 1.29 is 34.8 Å². The lowest BCUT2D eigenvalue weighted by Crippen LogP contribution is -2.65. The predicted octanol–water partition coefficient (Wildman–Crippen LogP) is 2.66. The minimum absolute atomic E-state index is 0.0344. The molecule has 1 saturated carbocycles. The third-order valence-electron chi connectivity index (χ3n) is 8.27. The molecule has 0 spiro atoms. The molecule has 3 aliphatic rings. The molecule has 202 valence electrons. The van der Waals surface area contributed by atoms with Crippen molar-refractivity contribution in [1.82, 2.24) is 4.90 Å². The first kappa shape index (κ1) is 26.4. The second-order valence-electron chi connectivity index (χ2n) is 10.8. The summed E-state index contributed by atoms with van der Waals surface area (Å²) in [6.07, 6.45) is 0.252. The van der Waals surface area contributed by atoms with Gasteiger partial charge in [-0.3, -0.25) is 19.3 Å². The smallest absolute Gasteiger partial charge is 0.255 e. The molecular weight excluding hydrogens is 500 g/mol. The van der Waals surface area contributed by atoms with Gasteiger partial charge in [-0.2, -0.15) is 0 Å². The molecule has 1 unspecified atom stereocenters. The van der Waals surface area contributed by atoms with Gasteiger partial charge in [0.05, 0.1) is 11.6 Å². The molecule has 0 heterocycles. The minimum Gasteiger partial charge on any atom is -0.508 e. The molecule has 0 bridgehead atoms. The van der Waals surface area contributed by atoms with Gasteiger partial charge in [-0.05, 0) is 74.2 Å². The highest BCUT2D eigenvalue weighted by Gasteiger charge is 2.64. The zero-order valence-electron chi connectivity index (χ0n) is 21.9. The monoisotopic (exact) mass is 530 g/mol. The van der Waals surface area contributed by atoms with Crippen LogP contribution in [0, 0.1) is 11.8 Å². The zero-order valence-corrected chi connectivity index (χ0v) is 21.9. The number of phenols is 1. The Morgan fingerprint density at radius 1 is 1.13 bits per heavy atom. The normalized spacial score (nSPS) is 26.3. The summed E-state index contributed by atoms with van der Waals surface area (Å²) in [7, 11) is 3.14. The van der Waals surface area contributed by atoms with E-state index in [-0.39, 0.29) is 29.7 Å². The number of amides is 1. The lowest BCUT2D eigenvalue weighted by atomic mass is 9.57. The average Bonchev–Trinajstić information content (AvgIpc) is 2.86. The fourth-order valence-corrected chi connectivity index (χ4v) is 6.47. The molecule has 1 fully saturated rings. The number of allylic oxidation sites excluding steroid dienone is 1. The summed E-state index contributed by atoms with van der Waals surface area (Å²) in [5.41, 5.74) is 5.72. The van der Waals surface area contributed by atoms with Crippen LogP contribution in [0.2, 0.25) is 0 Å². The van der Waals surface area contributed by atoms with Crippen LogP contribution in [0.5, 0.6) is 5.75 Å². The maximum absolute atomic E-state index is 13.9. The number of benzene rings is 2. The van der Waals surface area contributed by atoms with Crippen molar-refractivity contribution in [3.05, 3.63) is 76.6 Å². The number of primary amides is 1. The van der Waals surface area contributed by atoms with Crippen LogP contribution in [0.4, 0.5) is 0 Å². The van der Waals surface area contributed by atoms with Crippen LogP contribution in [-0.2, 0) is 20.8 Å². The van der Waals surface area contributed by atoms with Gasteiger partial charge in [-0.1, -0.05) is 36.4 Å². The number of ketones is 2. The molecule has 9 heteroatoms. The van der Waals surface area contributed by atoms with E-state index < -0.39 is 58.0 Å². The standard InChI is InChI=1S/C30H30N2O7/c1-13(2)14-6-5-7-15(10-14)17-8-9-20(33)22-18(17)11-16-12-19-24(32(3)4)26(35)23(29(31)38)28(37)30(19,39)27(36)21(16)25(22)34/h5-10,16,19,24,33-34,37,39H,1,11-12H2,2-4H3,(H2,31,38)/t16-,19-,24-,30?/m0/s1. The number of phenolic OH excluding ortho intramolecular Hbond substituents is 1. The molecule has 0 saturated heterocycles. The third-order valence-corrected chi connectivity index (χ3v) is 8.27. The molecule has 0 radical (unpaired) electrons. The topological polar surface area (TPSA) is 161 Å². The van der Waals surface area contributed by atoms with Gasteiger partial charge in [0.1, 0.15) is 22.8 Å². The Labute approximate surface area is 225 Å². The molecule has 3 aliphatic carbocycles. The van der Waals surface area contributed by atoms with E-state index in [0.29, 0.717) is 5.56 Å². The molecule has 0 aromatic heterocycles. The van der Waals surface area contributed by atoms with Crippen molar-refractivity contribution in [1.29, 1.82) is 0 Å². The summed E-state index contributed by atoms with van der Waals surface area (Å²) in [5, 5.41) is 44.8. The summed E-state index contributed by atoms with van der Waals surface area (Å²) in [4.78, 5) is 40.8. The van der Waals surface area contributed by atoms with Gasteiger partial charge in [0, 0.05) is 11.5 Å². The quantitative estimate of drug-likeness (QED) is 0.377. The van der Waals surface area contributed by atoms with E-state index in [1.54, 1.807) is 20.2 Å². The number of aliphatic hydroxyl groups excluding tert-OH is 2.